The third kappa shape index (κ3) is 1.25. The highest BCUT2D eigenvalue weighted by Crippen LogP contribution is 2.08. The van der Waals surface area contributed by atoms with Gasteiger partial charge in [-0.05, 0) is 13.8 Å². The van der Waals surface area contributed by atoms with Gasteiger partial charge < -0.3 is 4.57 Å². The molecule has 0 atom stereocenters. The maximum absolute atomic E-state index is 8.49. The van der Waals surface area contributed by atoms with Gasteiger partial charge >= 0.3 is 0 Å². The minimum absolute atomic E-state index is 0.448. The largest absolute Gasteiger partial charge is 0.334 e. The fraction of sp³-hybridized carbons (Fsp3) is 0.500. The van der Waals surface area contributed by atoms with Crippen LogP contribution in [0.25, 0.3) is 0 Å². The number of hydrogen-bond donors (Lipinski definition) is 0. The molecule has 0 N–H and O–H groups in total. The fourth-order valence-corrected chi connectivity index (χ4v) is 1.14. The van der Waals surface area contributed by atoms with E-state index >= 15 is 0 Å². The second-order valence-electron chi connectivity index (χ2n) is 2.59. The minimum Gasteiger partial charge on any atom is -0.334 e. The first kappa shape index (κ1) is 7.80. The van der Waals surface area contributed by atoms with Crippen LogP contribution in [0.5, 0.6) is 0 Å². The number of imidazole rings is 1. The molecule has 1 aromatic heterocycles. The molecule has 0 amide bonds. The van der Waals surface area contributed by atoms with Gasteiger partial charge in [-0.1, -0.05) is 0 Å². The van der Waals surface area contributed by atoms with Crippen LogP contribution in [0.15, 0.2) is 0 Å². The second-order valence-corrected chi connectivity index (χ2v) is 2.59. The van der Waals surface area contributed by atoms with Gasteiger partial charge in [0.15, 0.2) is 0 Å². The molecule has 0 unspecified atom stereocenters. The van der Waals surface area contributed by atoms with Gasteiger partial charge in [0.05, 0.1) is 23.9 Å². The third-order valence-electron chi connectivity index (χ3n) is 1.88. The van der Waals surface area contributed by atoms with E-state index in [2.05, 4.69) is 11.1 Å². The van der Waals surface area contributed by atoms with Crippen molar-refractivity contribution in [3.05, 3.63) is 17.2 Å². The monoisotopic (exact) mass is 149 g/mol. The van der Waals surface area contributed by atoms with E-state index in [1.165, 1.54) is 0 Å². The van der Waals surface area contributed by atoms with Gasteiger partial charge in [0, 0.05) is 7.05 Å². The predicted molar refractivity (Wildman–Crippen MR) is 42.0 cm³/mol. The van der Waals surface area contributed by atoms with E-state index in [-0.39, 0.29) is 0 Å². The Balaban J connectivity index is 3.14. The average molecular weight is 149 g/mol. The molecule has 0 fully saturated rings. The highest BCUT2D eigenvalue weighted by molar-refractivity contribution is 5.18. The summed E-state index contributed by atoms with van der Waals surface area (Å²) in [6.45, 7) is 3.87. The van der Waals surface area contributed by atoms with Crippen LogP contribution >= 0.6 is 0 Å². The Morgan fingerprint density at radius 2 is 2.18 bits per heavy atom. The molecule has 0 aliphatic rings. The van der Waals surface area contributed by atoms with Crippen molar-refractivity contribution < 1.29 is 0 Å². The van der Waals surface area contributed by atoms with E-state index in [1.807, 2.05) is 25.5 Å². The molecule has 1 rings (SSSR count). The maximum atomic E-state index is 8.49. The van der Waals surface area contributed by atoms with Gasteiger partial charge in [-0.15, -0.1) is 0 Å². The van der Waals surface area contributed by atoms with Crippen molar-refractivity contribution in [2.45, 2.75) is 20.3 Å². The van der Waals surface area contributed by atoms with Crippen LogP contribution in [0, 0.1) is 25.2 Å². The van der Waals surface area contributed by atoms with Gasteiger partial charge in [-0.2, -0.15) is 5.26 Å². The number of aromatic nitrogens is 2. The summed E-state index contributed by atoms with van der Waals surface area (Å²) in [7, 11) is 1.93. The van der Waals surface area contributed by atoms with Crippen LogP contribution in [-0.2, 0) is 13.5 Å². The van der Waals surface area contributed by atoms with Crippen molar-refractivity contribution >= 4 is 0 Å². The molecule has 0 aliphatic carbocycles. The van der Waals surface area contributed by atoms with Crippen LogP contribution in [0.2, 0.25) is 0 Å². The summed E-state index contributed by atoms with van der Waals surface area (Å²) >= 11 is 0. The van der Waals surface area contributed by atoms with Crippen molar-refractivity contribution in [3.8, 4) is 6.07 Å². The lowest BCUT2D eigenvalue weighted by molar-refractivity contribution is 0.812. The van der Waals surface area contributed by atoms with E-state index in [4.69, 9.17) is 5.26 Å². The molecule has 3 heteroatoms. The van der Waals surface area contributed by atoms with Crippen LogP contribution < -0.4 is 0 Å². The molecule has 0 saturated heterocycles. The lowest BCUT2D eigenvalue weighted by Gasteiger charge is -1.98. The van der Waals surface area contributed by atoms with Gasteiger partial charge in [0.1, 0.15) is 5.82 Å². The van der Waals surface area contributed by atoms with Crippen molar-refractivity contribution in [2.75, 3.05) is 0 Å². The Kier molecular flexibility index (Phi) is 1.95. The Bertz CT molecular complexity index is 304. The molecule has 0 spiro atoms. The molecule has 0 radical (unpaired) electrons. The molecule has 1 heterocycles. The van der Waals surface area contributed by atoms with E-state index in [1.54, 1.807) is 0 Å². The van der Waals surface area contributed by atoms with Crippen molar-refractivity contribution in [2.24, 2.45) is 7.05 Å². The normalized spacial score (nSPS) is 9.64. The molecule has 0 bridgehead atoms. The first-order valence-electron chi connectivity index (χ1n) is 3.52. The summed E-state index contributed by atoms with van der Waals surface area (Å²) < 4.78 is 1.96. The average Bonchev–Trinajstić information content (AvgIpc) is 2.17. The first-order valence-corrected chi connectivity index (χ1v) is 3.52. The van der Waals surface area contributed by atoms with Crippen LogP contribution in [0.3, 0.4) is 0 Å². The van der Waals surface area contributed by atoms with E-state index < -0.39 is 0 Å². The molecular formula is C8H11N3. The minimum atomic E-state index is 0.448. The lowest BCUT2D eigenvalue weighted by atomic mass is 10.3. The lowest BCUT2D eigenvalue weighted by Crippen LogP contribution is -1.97. The molecule has 3 nitrogen and oxygen atoms in total. The van der Waals surface area contributed by atoms with E-state index in [0.717, 1.165) is 17.2 Å². The molecule has 0 aliphatic heterocycles. The quantitative estimate of drug-likeness (QED) is 0.600. The Morgan fingerprint density at radius 3 is 2.55 bits per heavy atom. The molecule has 1 aromatic rings. The first-order chi connectivity index (χ1) is 5.16. The fourth-order valence-electron chi connectivity index (χ4n) is 1.14. The third-order valence-corrected chi connectivity index (χ3v) is 1.88. The molecule has 0 saturated carbocycles. The Hall–Kier alpha value is -1.30. The van der Waals surface area contributed by atoms with Gasteiger partial charge in [-0.3, -0.25) is 0 Å². The van der Waals surface area contributed by atoms with Crippen molar-refractivity contribution in [3.63, 3.8) is 0 Å². The van der Waals surface area contributed by atoms with Gasteiger partial charge in [-0.25, -0.2) is 4.98 Å². The summed E-state index contributed by atoms with van der Waals surface area (Å²) in [6, 6.07) is 2.12. The number of nitrogens with zero attached hydrogens (tertiary/aromatic N) is 3. The summed E-state index contributed by atoms with van der Waals surface area (Å²) in [4.78, 5) is 4.24. The molecular weight excluding hydrogens is 138 g/mol. The van der Waals surface area contributed by atoms with Crippen LogP contribution in [-0.4, -0.2) is 9.55 Å². The van der Waals surface area contributed by atoms with Gasteiger partial charge in [0.25, 0.3) is 0 Å². The summed E-state index contributed by atoms with van der Waals surface area (Å²) in [6.07, 6.45) is 0.448. The predicted octanol–water partition coefficient (Wildman–Crippen LogP) is 1.10. The zero-order valence-corrected chi connectivity index (χ0v) is 7.05. The number of aryl methyl sites for hydroxylation is 2. The van der Waals surface area contributed by atoms with Crippen molar-refractivity contribution in [1.29, 1.82) is 5.26 Å². The number of rotatable bonds is 1. The molecule has 58 valence electrons. The highest BCUT2D eigenvalue weighted by atomic mass is 15.1. The Labute approximate surface area is 66.3 Å². The summed E-state index contributed by atoms with van der Waals surface area (Å²) in [5, 5.41) is 8.49. The molecule has 11 heavy (non-hydrogen) atoms. The second kappa shape index (κ2) is 2.75. The van der Waals surface area contributed by atoms with Crippen LogP contribution in [0.1, 0.15) is 17.2 Å². The standard InChI is InChI=1S/C8H11N3/c1-6-8(4-5-9)11(3)7(2)10-6/h4H2,1-3H3. The zero-order valence-electron chi connectivity index (χ0n) is 7.05. The van der Waals surface area contributed by atoms with Crippen molar-refractivity contribution in [1.82, 2.24) is 9.55 Å². The summed E-state index contributed by atoms with van der Waals surface area (Å²) in [5.74, 6) is 0.966. The van der Waals surface area contributed by atoms with E-state index in [0.29, 0.717) is 6.42 Å². The maximum Gasteiger partial charge on any atom is 0.105 e. The topological polar surface area (TPSA) is 41.6 Å². The van der Waals surface area contributed by atoms with Gasteiger partial charge in [0.2, 0.25) is 0 Å². The highest BCUT2D eigenvalue weighted by Gasteiger charge is 2.06. The smallest absolute Gasteiger partial charge is 0.105 e. The zero-order chi connectivity index (χ0) is 8.43. The Morgan fingerprint density at radius 1 is 1.55 bits per heavy atom. The van der Waals surface area contributed by atoms with Crippen LogP contribution in [0.4, 0.5) is 0 Å². The molecule has 0 aromatic carbocycles. The number of nitriles is 1. The number of hydrogen-bond acceptors (Lipinski definition) is 2. The summed E-state index contributed by atoms with van der Waals surface area (Å²) in [5.41, 5.74) is 1.98. The SMILES string of the molecule is Cc1nc(C)n(C)c1CC#N. The van der Waals surface area contributed by atoms with E-state index in [9.17, 15) is 0 Å².